The summed E-state index contributed by atoms with van der Waals surface area (Å²) in [6, 6.07) is 4.30. The number of nitrogens with zero attached hydrogens (tertiary/aromatic N) is 2. The number of hydrogen-bond donors (Lipinski definition) is 2. The topological polar surface area (TPSA) is 72.9 Å². The molecule has 0 radical (unpaired) electrons. The van der Waals surface area contributed by atoms with E-state index in [2.05, 4.69) is 5.32 Å². The first-order chi connectivity index (χ1) is 11.9. The third-order valence-corrected chi connectivity index (χ3v) is 4.68. The molecule has 6 nitrogen and oxygen atoms in total. The number of carbonyl (C=O) groups excluding carboxylic acids is 1. The van der Waals surface area contributed by atoms with Crippen LogP contribution in [0.4, 0.5) is 10.1 Å². The van der Waals surface area contributed by atoms with Gasteiger partial charge in [-0.1, -0.05) is 18.5 Å². The molecule has 2 N–H and O–H groups in total. The Morgan fingerprint density at radius 1 is 1.38 bits per heavy atom. The Morgan fingerprint density at radius 3 is 2.58 bits per heavy atom. The number of hydrogen-bond acceptors (Lipinski definition) is 4. The number of likely N-dealkylation sites (N-methyl/N-ethyl adjacent to an activating group) is 1. The molecule has 9 heteroatoms. The fraction of sp³-hybridized carbons (Fsp3) is 0.529. The highest BCUT2D eigenvalue weighted by Crippen LogP contribution is 2.20. The number of aliphatic carboxylic acids is 1. The molecule has 26 heavy (non-hydrogen) atoms. The van der Waals surface area contributed by atoms with Gasteiger partial charge in [0.1, 0.15) is 5.82 Å². The van der Waals surface area contributed by atoms with E-state index >= 15 is 0 Å². The number of anilines is 1. The van der Waals surface area contributed by atoms with Crippen molar-refractivity contribution in [2.75, 3.05) is 38.0 Å². The van der Waals surface area contributed by atoms with Crippen LogP contribution >= 0.6 is 24.0 Å². The molecular formula is C17H24Cl2FN3O3. The number of amides is 1. The Morgan fingerprint density at radius 2 is 2.04 bits per heavy atom. The SMILES string of the molecule is CCN(CC(=O)O)C1CCN(CC(=O)Nc2ccc(F)c(Cl)c2)CC1.Cl. The fourth-order valence-corrected chi connectivity index (χ4v) is 3.27. The van der Waals surface area contributed by atoms with E-state index in [-0.39, 0.29) is 42.5 Å². The second kappa shape index (κ2) is 10.7. The van der Waals surface area contributed by atoms with Gasteiger partial charge in [-0.15, -0.1) is 12.4 Å². The summed E-state index contributed by atoms with van der Waals surface area (Å²) in [6.07, 6.45) is 1.66. The zero-order chi connectivity index (χ0) is 18.4. The first kappa shape index (κ1) is 22.6. The zero-order valence-electron chi connectivity index (χ0n) is 14.6. The van der Waals surface area contributed by atoms with E-state index in [1.54, 1.807) is 0 Å². The molecule has 0 aromatic heterocycles. The van der Waals surface area contributed by atoms with Crippen molar-refractivity contribution in [3.05, 3.63) is 29.0 Å². The van der Waals surface area contributed by atoms with E-state index in [1.165, 1.54) is 18.2 Å². The lowest BCUT2D eigenvalue weighted by Gasteiger charge is -2.37. The van der Waals surface area contributed by atoms with Crippen molar-refractivity contribution in [3.63, 3.8) is 0 Å². The molecule has 1 aromatic rings. The van der Waals surface area contributed by atoms with E-state index in [1.807, 2.05) is 16.7 Å². The van der Waals surface area contributed by atoms with E-state index < -0.39 is 11.8 Å². The quantitative estimate of drug-likeness (QED) is 0.726. The van der Waals surface area contributed by atoms with Gasteiger partial charge in [-0.05, 0) is 37.6 Å². The van der Waals surface area contributed by atoms with Crippen LogP contribution < -0.4 is 5.32 Å². The number of piperidine rings is 1. The lowest BCUT2D eigenvalue weighted by molar-refractivity contribution is -0.139. The molecule has 2 rings (SSSR count). The number of halogens is 3. The monoisotopic (exact) mass is 407 g/mol. The van der Waals surface area contributed by atoms with Gasteiger partial charge in [0.15, 0.2) is 0 Å². The molecular weight excluding hydrogens is 384 g/mol. The minimum atomic E-state index is -0.818. The molecule has 1 saturated heterocycles. The molecule has 1 amide bonds. The molecule has 0 spiro atoms. The van der Waals surface area contributed by atoms with Crippen LogP contribution in [0.1, 0.15) is 19.8 Å². The van der Waals surface area contributed by atoms with Crippen LogP contribution in [0.5, 0.6) is 0 Å². The van der Waals surface area contributed by atoms with Crippen molar-refractivity contribution >= 4 is 41.6 Å². The average Bonchev–Trinajstić information content (AvgIpc) is 2.56. The molecule has 0 bridgehead atoms. The molecule has 0 saturated carbocycles. The molecule has 1 aliphatic heterocycles. The standard InChI is InChI=1S/C17H23ClFN3O3.ClH/c1-2-22(11-17(24)25)13-5-7-21(8-6-13)10-16(23)20-12-3-4-15(19)14(18)9-12;/h3-4,9,13H,2,5-8,10-11H2,1H3,(H,20,23)(H,24,25);1H. The number of benzene rings is 1. The number of rotatable bonds is 7. The van der Waals surface area contributed by atoms with Crippen LogP contribution in [-0.4, -0.2) is 65.5 Å². The Balaban J connectivity index is 0.00000338. The Hall–Kier alpha value is -1.41. The molecule has 1 aromatic carbocycles. The molecule has 1 heterocycles. The van der Waals surface area contributed by atoms with Crippen molar-refractivity contribution in [1.82, 2.24) is 9.80 Å². The van der Waals surface area contributed by atoms with Gasteiger partial charge in [0.2, 0.25) is 5.91 Å². The Bertz CT molecular complexity index is 625. The van der Waals surface area contributed by atoms with E-state index in [0.717, 1.165) is 25.9 Å². The second-order valence-electron chi connectivity index (χ2n) is 6.14. The van der Waals surface area contributed by atoms with E-state index in [9.17, 15) is 14.0 Å². The fourth-order valence-electron chi connectivity index (χ4n) is 3.09. The van der Waals surface area contributed by atoms with E-state index in [4.69, 9.17) is 16.7 Å². The molecule has 1 fully saturated rings. The van der Waals surface area contributed by atoms with Gasteiger partial charge < -0.3 is 10.4 Å². The average molecular weight is 408 g/mol. The molecule has 0 atom stereocenters. The van der Waals surface area contributed by atoms with Crippen LogP contribution in [0.2, 0.25) is 5.02 Å². The normalized spacial score (nSPS) is 15.5. The molecule has 0 aliphatic carbocycles. The summed E-state index contributed by atoms with van der Waals surface area (Å²) in [6.45, 7) is 4.41. The summed E-state index contributed by atoms with van der Waals surface area (Å²) >= 11 is 5.70. The maximum atomic E-state index is 13.1. The van der Waals surface area contributed by atoms with Gasteiger partial charge in [-0.3, -0.25) is 19.4 Å². The summed E-state index contributed by atoms with van der Waals surface area (Å²) in [5, 5.41) is 11.6. The predicted molar refractivity (Wildman–Crippen MR) is 102 cm³/mol. The van der Waals surface area contributed by atoms with Gasteiger partial charge in [-0.2, -0.15) is 0 Å². The zero-order valence-corrected chi connectivity index (χ0v) is 16.2. The molecule has 0 unspecified atom stereocenters. The number of likely N-dealkylation sites (tertiary alicyclic amines) is 1. The van der Waals surface area contributed by atoms with Crippen LogP contribution in [-0.2, 0) is 9.59 Å². The van der Waals surface area contributed by atoms with Gasteiger partial charge >= 0.3 is 5.97 Å². The van der Waals surface area contributed by atoms with Crippen molar-refractivity contribution in [3.8, 4) is 0 Å². The first-order valence-electron chi connectivity index (χ1n) is 8.32. The maximum Gasteiger partial charge on any atom is 0.317 e. The van der Waals surface area contributed by atoms with Crippen molar-refractivity contribution in [2.24, 2.45) is 0 Å². The van der Waals surface area contributed by atoms with Gasteiger partial charge in [0, 0.05) is 24.8 Å². The van der Waals surface area contributed by atoms with Gasteiger partial charge in [-0.25, -0.2) is 4.39 Å². The second-order valence-corrected chi connectivity index (χ2v) is 6.55. The summed E-state index contributed by atoms with van der Waals surface area (Å²) in [5.41, 5.74) is 0.463. The minimum absolute atomic E-state index is 0. The number of nitrogens with one attached hydrogen (secondary N) is 1. The van der Waals surface area contributed by atoms with E-state index in [0.29, 0.717) is 12.2 Å². The van der Waals surface area contributed by atoms with Crippen molar-refractivity contribution in [1.29, 1.82) is 0 Å². The lowest BCUT2D eigenvalue weighted by Crippen LogP contribution is -2.48. The highest BCUT2D eigenvalue weighted by molar-refractivity contribution is 6.31. The highest BCUT2D eigenvalue weighted by atomic mass is 35.5. The van der Waals surface area contributed by atoms with Crippen LogP contribution in [0, 0.1) is 5.82 Å². The van der Waals surface area contributed by atoms with Crippen molar-refractivity contribution < 1.29 is 19.1 Å². The number of carbonyl (C=O) groups is 2. The highest BCUT2D eigenvalue weighted by Gasteiger charge is 2.25. The molecule has 146 valence electrons. The van der Waals surface area contributed by atoms with Crippen LogP contribution in [0.25, 0.3) is 0 Å². The molecule has 1 aliphatic rings. The van der Waals surface area contributed by atoms with Crippen LogP contribution in [0.15, 0.2) is 18.2 Å². The Labute approximate surface area is 163 Å². The maximum absolute atomic E-state index is 13.1. The summed E-state index contributed by atoms with van der Waals surface area (Å²) in [5.74, 6) is -1.52. The third-order valence-electron chi connectivity index (χ3n) is 4.39. The number of carboxylic acids is 1. The van der Waals surface area contributed by atoms with Gasteiger partial charge in [0.05, 0.1) is 18.1 Å². The summed E-state index contributed by atoms with van der Waals surface area (Å²) in [4.78, 5) is 27.0. The summed E-state index contributed by atoms with van der Waals surface area (Å²) in [7, 11) is 0. The predicted octanol–water partition coefficient (Wildman–Crippen LogP) is 2.71. The lowest BCUT2D eigenvalue weighted by atomic mass is 10.0. The smallest absolute Gasteiger partial charge is 0.317 e. The Kier molecular flexibility index (Phi) is 9.29. The van der Waals surface area contributed by atoms with Crippen molar-refractivity contribution in [2.45, 2.75) is 25.8 Å². The van der Waals surface area contributed by atoms with Crippen LogP contribution in [0.3, 0.4) is 0 Å². The summed E-state index contributed by atoms with van der Waals surface area (Å²) < 4.78 is 13.1. The largest absolute Gasteiger partial charge is 0.480 e. The third kappa shape index (κ3) is 6.72. The van der Waals surface area contributed by atoms with Gasteiger partial charge in [0.25, 0.3) is 0 Å². The first-order valence-corrected chi connectivity index (χ1v) is 8.70. The number of carboxylic acid groups (broad SMARTS) is 1. The minimum Gasteiger partial charge on any atom is -0.480 e.